The molecule has 0 unspecified atom stereocenters. The molecular formula is C14H13N5O4. The largest absolute Gasteiger partial charge is 0.494 e. The molecule has 0 radical (unpaired) electrons. The number of pyridine rings is 1. The topological polar surface area (TPSA) is 112 Å². The highest BCUT2D eigenvalue weighted by Gasteiger charge is 2.25. The van der Waals surface area contributed by atoms with Gasteiger partial charge >= 0.3 is 5.97 Å². The second-order valence-corrected chi connectivity index (χ2v) is 4.66. The molecule has 0 bridgehead atoms. The van der Waals surface area contributed by atoms with Crippen molar-refractivity contribution in [2.45, 2.75) is 6.92 Å². The highest BCUT2D eigenvalue weighted by atomic mass is 16.5. The highest BCUT2D eigenvalue weighted by Crippen LogP contribution is 2.31. The number of methoxy groups -OCH3 is 2. The van der Waals surface area contributed by atoms with Crippen LogP contribution in [0, 0.1) is 6.92 Å². The Morgan fingerprint density at radius 3 is 2.65 bits per heavy atom. The number of aromatic nitrogens is 5. The van der Waals surface area contributed by atoms with E-state index in [0.717, 1.165) is 7.11 Å². The Hall–Kier alpha value is -3.23. The number of rotatable bonds is 4. The van der Waals surface area contributed by atoms with Crippen LogP contribution in [-0.4, -0.2) is 50.7 Å². The van der Waals surface area contributed by atoms with E-state index in [1.54, 1.807) is 6.92 Å². The Labute approximate surface area is 130 Å². The summed E-state index contributed by atoms with van der Waals surface area (Å²) in [5.74, 6) is -0.362. The molecule has 0 aliphatic rings. The molecule has 1 N–H and O–H groups in total. The normalized spacial score (nSPS) is 10.7. The van der Waals surface area contributed by atoms with Gasteiger partial charge < -0.3 is 14.5 Å². The molecule has 0 amide bonds. The number of esters is 1. The third-order valence-corrected chi connectivity index (χ3v) is 3.31. The summed E-state index contributed by atoms with van der Waals surface area (Å²) in [5, 5.41) is 4.63. The maximum atomic E-state index is 12.2. The summed E-state index contributed by atoms with van der Waals surface area (Å²) in [4.78, 5) is 35.0. The molecule has 0 fully saturated rings. The third kappa shape index (κ3) is 2.31. The maximum Gasteiger partial charge on any atom is 0.379 e. The van der Waals surface area contributed by atoms with Gasteiger partial charge in [0.1, 0.15) is 17.9 Å². The number of nitrogens with zero attached hydrogens (tertiary/aromatic N) is 4. The van der Waals surface area contributed by atoms with E-state index in [4.69, 9.17) is 4.74 Å². The van der Waals surface area contributed by atoms with Gasteiger partial charge in [0.2, 0.25) is 0 Å². The van der Waals surface area contributed by atoms with Crippen molar-refractivity contribution in [2.75, 3.05) is 14.2 Å². The lowest BCUT2D eigenvalue weighted by Gasteiger charge is -2.07. The molecule has 3 aromatic rings. The summed E-state index contributed by atoms with van der Waals surface area (Å²) in [6, 6.07) is 0. The minimum Gasteiger partial charge on any atom is -0.494 e. The van der Waals surface area contributed by atoms with Crippen LogP contribution in [0.4, 0.5) is 0 Å². The quantitative estimate of drug-likeness (QED) is 0.431. The van der Waals surface area contributed by atoms with Crippen LogP contribution in [0.3, 0.4) is 0 Å². The van der Waals surface area contributed by atoms with Gasteiger partial charge in [0.15, 0.2) is 5.82 Å². The fraction of sp³-hybridized carbons (Fsp3) is 0.214. The molecule has 3 heterocycles. The third-order valence-electron chi connectivity index (χ3n) is 3.31. The molecule has 3 aromatic heterocycles. The van der Waals surface area contributed by atoms with Crippen molar-refractivity contribution in [3.8, 4) is 11.6 Å². The molecule has 9 heteroatoms. The zero-order valence-corrected chi connectivity index (χ0v) is 12.7. The number of H-pyrrole nitrogens is 1. The van der Waals surface area contributed by atoms with E-state index in [2.05, 4.69) is 24.8 Å². The summed E-state index contributed by atoms with van der Waals surface area (Å²) in [7, 11) is 2.60. The molecule has 0 saturated carbocycles. The fourth-order valence-corrected chi connectivity index (χ4v) is 2.26. The summed E-state index contributed by atoms with van der Waals surface area (Å²) in [6.45, 7) is 1.75. The van der Waals surface area contributed by atoms with Gasteiger partial charge in [0, 0.05) is 6.20 Å². The average Bonchev–Trinajstić information content (AvgIpc) is 3.19. The molecule has 3 rings (SSSR count). The lowest BCUT2D eigenvalue weighted by molar-refractivity contribution is -0.135. The molecule has 0 aliphatic carbocycles. The van der Waals surface area contributed by atoms with Crippen molar-refractivity contribution in [1.29, 1.82) is 0 Å². The first-order chi connectivity index (χ1) is 11.1. The van der Waals surface area contributed by atoms with E-state index in [9.17, 15) is 9.59 Å². The molecule has 9 nitrogen and oxygen atoms in total. The van der Waals surface area contributed by atoms with E-state index >= 15 is 0 Å². The van der Waals surface area contributed by atoms with Crippen LogP contribution in [0.1, 0.15) is 16.2 Å². The number of carbonyl (C=O) groups excluding carboxylic acids is 2. The van der Waals surface area contributed by atoms with E-state index in [1.165, 1.54) is 30.5 Å². The number of fused-ring (bicyclic) bond motifs is 1. The molecule has 118 valence electrons. The van der Waals surface area contributed by atoms with Crippen molar-refractivity contribution >= 4 is 22.7 Å². The Morgan fingerprint density at radius 2 is 2.04 bits per heavy atom. The zero-order valence-electron chi connectivity index (χ0n) is 12.7. The minimum absolute atomic E-state index is 0.143. The molecular weight excluding hydrogens is 302 g/mol. The van der Waals surface area contributed by atoms with Crippen molar-refractivity contribution in [3.63, 3.8) is 0 Å². The second kappa shape index (κ2) is 5.52. The van der Waals surface area contributed by atoms with Crippen LogP contribution in [-0.2, 0) is 9.53 Å². The number of hydrogen-bond donors (Lipinski definition) is 1. The zero-order chi connectivity index (χ0) is 16.6. The summed E-state index contributed by atoms with van der Waals surface area (Å²) < 4.78 is 11.2. The van der Waals surface area contributed by atoms with E-state index in [-0.39, 0.29) is 5.56 Å². The van der Waals surface area contributed by atoms with Crippen molar-refractivity contribution in [2.24, 2.45) is 0 Å². The van der Waals surface area contributed by atoms with Crippen LogP contribution in [0.5, 0.6) is 5.75 Å². The van der Waals surface area contributed by atoms with E-state index < -0.39 is 11.8 Å². The maximum absolute atomic E-state index is 12.2. The monoisotopic (exact) mass is 315 g/mol. The first-order valence-electron chi connectivity index (χ1n) is 6.62. The molecule has 0 spiro atoms. The van der Waals surface area contributed by atoms with Gasteiger partial charge in [0.05, 0.1) is 36.9 Å². The number of nitrogens with one attached hydrogen (secondary N) is 1. The Kier molecular flexibility index (Phi) is 3.53. The summed E-state index contributed by atoms with van der Waals surface area (Å²) in [6.07, 6.45) is 4.38. The van der Waals surface area contributed by atoms with Crippen molar-refractivity contribution in [3.05, 3.63) is 30.1 Å². The van der Waals surface area contributed by atoms with Gasteiger partial charge in [-0.25, -0.2) is 19.4 Å². The second-order valence-electron chi connectivity index (χ2n) is 4.66. The lowest BCUT2D eigenvalue weighted by Crippen LogP contribution is -2.15. The predicted octanol–water partition coefficient (Wildman–Crippen LogP) is 0.816. The first-order valence-corrected chi connectivity index (χ1v) is 6.62. The number of aryl methyl sites for hydroxylation is 1. The number of ketones is 1. The van der Waals surface area contributed by atoms with Crippen molar-refractivity contribution in [1.82, 2.24) is 24.7 Å². The SMILES string of the molecule is COC(=O)C(=O)c1c[nH]c2c(-n3cnc(C)n3)ncc(OC)c12. The Bertz CT molecular complexity index is 911. The van der Waals surface area contributed by atoms with Crippen LogP contribution < -0.4 is 4.74 Å². The lowest BCUT2D eigenvalue weighted by atomic mass is 10.1. The van der Waals surface area contributed by atoms with Gasteiger partial charge in [-0.2, -0.15) is 5.10 Å². The molecule has 0 aromatic carbocycles. The summed E-state index contributed by atoms with van der Waals surface area (Å²) in [5.41, 5.74) is 0.644. The van der Waals surface area contributed by atoms with E-state index in [0.29, 0.717) is 28.3 Å². The Balaban J connectivity index is 2.26. The number of aromatic amines is 1. The molecule has 23 heavy (non-hydrogen) atoms. The number of carbonyl (C=O) groups is 2. The van der Waals surface area contributed by atoms with Gasteiger partial charge in [-0.1, -0.05) is 0 Å². The predicted molar refractivity (Wildman–Crippen MR) is 78.6 cm³/mol. The molecule has 0 aliphatic heterocycles. The smallest absolute Gasteiger partial charge is 0.379 e. The Morgan fingerprint density at radius 1 is 1.26 bits per heavy atom. The van der Waals surface area contributed by atoms with Gasteiger partial charge in [0.25, 0.3) is 5.78 Å². The van der Waals surface area contributed by atoms with Gasteiger partial charge in [-0.3, -0.25) is 4.79 Å². The standard InChI is InChI=1S/C14H13N5O4/c1-7-17-6-19(18-7)13-11-10(9(22-2)5-16-13)8(4-15-11)12(20)14(21)23-3/h4-6,15H,1-3H3. The number of hydrogen-bond acceptors (Lipinski definition) is 7. The van der Waals surface area contributed by atoms with Crippen LogP contribution in [0.2, 0.25) is 0 Å². The van der Waals surface area contributed by atoms with E-state index in [1.807, 2.05) is 0 Å². The van der Waals surface area contributed by atoms with Gasteiger partial charge in [-0.05, 0) is 6.92 Å². The first kappa shape index (κ1) is 14.7. The average molecular weight is 315 g/mol. The number of Topliss-reactive ketones (excluding diaryl/α,β-unsaturated/α-hetero) is 1. The summed E-state index contributed by atoms with van der Waals surface area (Å²) >= 11 is 0. The number of ether oxygens (including phenoxy) is 2. The highest BCUT2D eigenvalue weighted by molar-refractivity contribution is 6.43. The fourth-order valence-electron chi connectivity index (χ4n) is 2.26. The van der Waals surface area contributed by atoms with Crippen LogP contribution in [0.15, 0.2) is 18.7 Å². The van der Waals surface area contributed by atoms with Crippen molar-refractivity contribution < 1.29 is 19.1 Å². The minimum atomic E-state index is -0.956. The molecule has 0 atom stereocenters. The van der Waals surface area contributed by atoms with Gasteiger partial charge in [-0.15, -0.1) is 0 Å². The molecule has 0 saturated heterocycles. The van der Waals surface area contributed by atoms with Crippen LogP contribution in [0.25, 0.3) is 16.7 Å². The van der Waals surface area contributed by atoms with Crippen LogP contribution >= 0.6 is 0 Å².